The van der Waals surface area contributed by atoms with Gasteiger partial charge in [-0.1, -0.05) is 109 Å². The van der Waals surface area contributed by atoms with Crippen LogP contribution in [0.25, 0.3) is 0 Å². The third-order valence-electron chi connectivity index (χ3n) is 9.13. The molecule has 262 valence electrons. The zero-order valence-corrected chi connectivity index (χ0v) is 31.0. The van der Waals surface area contributed by atoms with Gasteiger partial charge in [0.15, 0.2) is 11.5 Å². The smallest absolute Gasteiger partial charge is 0.423 e. The largest absolute Gasteiger partial charge is 0.462 e. The van der Waals surface area contributed by atoms with Gasteiger partial charge in [-0.05, 0) is 74.3 Å². The third-order valence-corrected chi connectivity index (χ3v) is 11.3. The Morgan fingerprint density at radius 3 is 1.21 bits per heavy atom. The van der Waals surface area contributed by atoms with Gasteiger partial charge in [0.2, 0.25) is 0 Å². The first kappa shape index (κ1) is 38.9. The average Bonchev–Trinajstić information content (AvgIpc) is 3.02. The Labute approximate surface area is 309 Å². The van der Waals surface area contributed by atoms with Crippen molar-refractivity contribution >= 4 is 93.5 Å². The van der Waals surface area contributed by atoms with E-state index in [0.29, 0.717) is 36.5 Å². The summed E-state index contributed by atoms with van der Waals surface area (Å²) in [7, 11) is 0. The number of hydrogen-bond acceptors (Lipinski definition) is 8. The first-order chi connectivity index (χ1) is 22.9. The summed E-state index contributed by atoms with van der Waals surface area (Å²) in [6.07, 6.45) is 10.1. The highest BCUT2D eigenvalue weighted by atomic mass is 35.5. The number of esters is 4. The Morgan fingerprint density at radius 1 is 0.562 bits per heavy atom. The van der Waals surface area contributed by atoms with E-state index in [0.717, 1.165) is 63.5 Å². The first-order valence-electron chi connectivity index (χ1n) is 16.0. The van der Waals surface area contributed by atoms with Crippen LogP contribution in [0, 0.1) is 23.7 Å². The number of carbonyl (C=O) groups is 4. The molecule has 14 heteroatoms. The summed E-state index contributed by atoms with van der Waals surface area (Å²) in [5, 5.41) is -1.41. The predicted molar refractivity (Wildman–Crippen MR) is 186 cm³/mol. The van der Waals surface area contributed by atoms with Crippen LogP contribution in [-0.4, -0.2) is 37.1 Å². The number of halogens is 6. The number of ether oxygens (including phenoxy) is 4. The fourth-order valence-corrected chi connectivity index (χ4v) is 7.72. The van der Waals surface area contributed by atoms with Gasteiger partial charge in [-0.2, -0.15) is 0 Å². The van der Waals surface area contributed by atoms with Crippen LogP contribution in [0.4, 0.5) is 0 Å². The Balaban J connectivity index is 1.46. The number of carbonyl (C=O) groups excluding carboxylic acids is 4. The molecule has 0 N–H and O–H groups in total. The van der Waals surface area contributed by atoms with Crippen LogP contribution in [0.3, 0.4) is 0 Å². The highest BCUT2D eigenvalue weighted by molar-refractivity contribution is 6.47. The molecule has 0 bridgehead atoms. The van der Waals surface area contributed by atoms with Crippen molar-refractivity contribution in [3.63, 3.8) is 0 Å². The van der Waals surface area contributed by atoms with E-state index in [9.17, 15) is 19.2 Å². The molecule has 2 aromatic carbocycles. The molecule has 0 aliphatic heterocycles. The molecule has 0 aromatic heterocycles. The molecule has 0 radical (unpaired) electrons. The molecule has 0 amide bonds. The maximum absolute atomic E-state index is 13.1. The van der Waals surface area contributed by atoms with E-state index < -0.39 is 46.5 Å². The first-order valence-corrected chi connectivity index (χ1v) is 18.3. The van der Waals surface area contributed by atoms with Gasteiger partial charge >= 0.3 is 23.9 Å². The van der Waals surface area contributed by atoms with E-state index in [1.54, 1.807) is 0 Å². The summed E-state index contributed by atoms with van der Waals surface area (Å²) >= 11 is 37.5. The summed E-state index contributed by atoms with van der Waals surface area (Å²) in [4.78, 5) is 52.3. The summed E-state index contributed by atoms with van der Waals surface area (Å²) < 4.78 is 21.3. The normalized spacial score (nSPS) is 19.9. The van der Waals surface area contributed by atoms with Gasteiger partial charge in [-0.15, -0.1) is 0 Å². The van der Waals surface area contributed by atoms with Gasteiger partial charge in [0.25, 0.3) is 0 Å². The molecule has 4 atom stereocenters. The van der Waals surface area contributed by atoms with E-state index in [1.807, 2.05) is 0 Å². The minimum atomic E-state index is -1.63. The minimum absolute atomic E-state index is 0.0916. The molecule has 2 aliphatic rings. The van der Waals surface area contributed by atoms with Crippen LogP contribution >= 0.6 is 69.6 Å². The number of rotatable bonds is 14. The average molecular weight is 785 g/mol. The van der Waals surface area contributed by atoms with Gasteiger partial charge in [0.05, 0.1) is 43.3 Å². The van der Waals surface area contributed by atoms with Gasteiger partial charge < -0.3 is 18.9 Å². The second kappa shape index (κ2) is 17.8. The van der Waals surface area contributed by atoms with Crippen LogP contribution in [0.2, 0.25) is 30.1 Å². The SMILES string of the molecule is CCCC1CCC1CCOC(=O)c1c(Cl)c(Cl)cc(Cl)c1OC(=O)C(=O)Oc1c(Cl)cc(Cl)c(Cl)c1C(=O)OCCC1CCC1CCC. The lowest BCUT2D eigenvalue weighted by atomic mass is 9.70. The maximum Gasteiger partial charge on any atom is 0.423 e. The van der Waals surface area contributed by atoms with Crippen molar-refractivity contribution in [3.8, 4) is 11.5 Å². The summed E-state index contributed by atoms with van der Waals surface area (Å²) in [6.45, 7) is 4.44. The second-order valence-electron chi connectivity index (χ2n) is 12.1. The number of hydrogen-bond donors (Lipinski definition) is 0. The molecule has 2 fully saturated rings. The zero-order valence-electron chi connectivity index (χ0n) is 26.5. The van der Waals surface area contributed by atoms with Gasteiger partial charge in [0, 0.05) is 0 Å². The van der Waals surface area contributed by atoms with Crippen LogP contribution in [0.5, 0.6) is 11.5 Å². The molecule has 0 heterocycles. The van der Waals surface area contributed by atoms with E-state index in [1.165, 1.54) is 0 Å². The maximum atomic E-state index is 13.1. The molecule has 2 aromatic rings. The zero-order chi connectivity index (χ0) is 35.1. The molecular formula is C34H36Cl6O8. The minimum Gasteiger partial charge on any atom is -0.462 e. The van der Waals surface area contributed by atoms with E-state index in [4.69, 9.17) is 88.6 Å². The predicted octanol–water partition coefficient (Wildman–Crippen LogP) is 10.9. The molecular weight excluding hydrogens is 749 g/mol. The van der Waals surface area contributed by atoms with Crippen molar-refractivity contribution < 1.29 is 38.1 Å². The molecule has 4 rings (SSSR count). The highest BCUT2D eigenvalue weighted by Crippen LogP contribution is 2.43. The quantitative estimate of drug-likeness (QED) is 0.0807. The lowest BCUT2D eigenvalue weighted by molar-refractivity contribution is -0.156. The van der Waals surface area contributed by atoms with E-state index in [2.05, 4.69) is 13.8 Å². The summed E-state index contributed by atoms with van der Waals surface area (Å²) in [5.41, 5.74) is -0.892. The topological polar surface area (TPSA) is 105 Å². The Hall–Kier alpha value is -1.94. The van der Waals surface area contributed by atoms with Crippen molar-refractivity contribution in [2.24, 2.45) is 23.7 Å². The molecule has 0 spiro atoms. The Bertz CT molecular complexity index is 1430. The van der Waals surface area contributed by atoms with Gasteiger partial charge in [-0.3, -0.25) is 0 Å². The van der Waals surface area contributed by atoms with Crippen molar-refractivity contribution in [1.82, 2.24) is 0 Å². The Morgan fingerprint density at radius 2 is 0.896 bits per heavy atom. The van der Waals surface area contributed by atoms with Crippen molar-refractivity contribution in [1.29, 1.82) is 0 Å². The third kappa shape index (κ3) is 9.23. The lowest BCUT2D eigenvalue weighted by Gasteiger charge is -2.36. The molecule has 2 saturated carbocycles. The van der Waals surface area contributed by atoms with Crippen molar-refractivity contribution in [2.75, 3.05) is 13.2 Å². The summed E-state index contributed by atoms with van der Waals surface area (Å²) in [6, 6.07) is 2.27. The van der Waals surface area contributed by atoms with Crippen LogP contribution in [-0.2, 0) is 19.1 Å². The van der Waals surface area contributed by atoms with Crippen molar-refractivity contribution in [3.05, 3.63) is 53.4 Å². The van der Waals surface area contributed by atoms with Crippen LogP contribution in [0.1, 0.15) is 98.8 Å². The van der Waals surface area contributed by atoms with Gasteiger partial charge in [-0.25, -0.2) is 19.2 Å². The summed E-state index contributed by atoms with van der Waals surface area (Å²) in [5.74, 6) is -4.22. The Kier molecular flexibility index (Phi) is 14.4. The molecule has 2 aliphatic carbocycles. The lowest BCUT2D eigenvalue weighted by Crippen LogP contribution is -2.28. The fourth-order valence-electron chi connectivity index (χ4n) is 6.28. The molecule has 4 unspecified atom stereocenters. The second-order valence-corrected chi connectivity index (χ2v) is 14.5. The monoisotopic (exact) mass is 782 g/mol. The van der Waals surface area contributed by atoms with Gasteiger partial charge in [0.1, 0.15) is 11.1 Å². The standard InChI is InChI=1S/C34H36Cl6O8/c1-3-5-17-7-9-19(17)11-13-45-31(41)25-27(39)21(35)15-23(37)29(25)47-33(43)34(44)48-30-24(38)16-22(36)28(40)26(30)32(42)46-14-12-20-10-8-18(20)6-4-2/h15-20H,3-14H2,1-2H3. The number of benzene rings is 2. The van der Waals surface area contributed by atoms with Crippen LogP contribution < -0.4 is 9.47 Å². The van der Waals surface area contributed by atoms with Crippen LogP contribution in [0.15, 0.2) is 12.1 Å². The highest BCUT2D eigenvalue weighted by Gasteiger charge is 2.34. The van der Waals surface area contributed by atoms with E-state index in [-0.39, 0.29) is 43.3 Å². The molecule has 48 heavy (non-hydrogen) atoms. The van der Waals surface area contributed by atoms with E-state index >= 15 is 0 Å². The van der Waals surface area contributed by atoms with Crippen molar-refractivity contribution in [2.45, 2.75) is 78.1 Å². The molecule has 8 nitrogen and oxygen atoms in total. The molecule has 0 saturated heterocycles. The fraction of sp³-hybridized carbons (Fsp3) is 0.529.